The lowest BCUT2D eigenvalue weighted by atomic mass is 10.2. The van der Waals surface area contributed by atoms with Crippen LogP contribution in [0.2, 0.25) is 0 Å². The lowest BCUT2D eigenvalue weighted by molar-refractivity contribution is -0.384. The van der Waals surface area contributed by atoms with Crippen molar-refractivity contribution in [1.29, 1.82) is 0 Å². The molecule has 0 fully saturated rings. The van der Waals surface area contributed by atoms with Crippen LogP contribution in [0.1, 0.15) is 5.56 Å². The fourth-order valence-electron chi connectivity index (χ4n) is 2.70. The van der Waals surface area contributed by atoms with E-state index in [1.807, 2.05) is 30.3 Å². The highest BCUT2D eigenvalue weighted by Crippen LogP contribution is 2.20. The normalized spacial score (nSPS) is 10.7. The van der Waals surface area contributed by atoms with Gasteiger partial charge in [-0.05, 0) is 42.0 Å². The third-order valence-corrected chi connectivity index (χ3v) is 4.25. The van der Waals surface area contributed by atoms with Crippen LogP contribution in [0.5, 0.6) is 0 Å². The summed E-state index contributed by atoms with van der Waals surface area (Å²) in [7, 11) is 0. The number of hydrazone groups is 1. The number of para-hydroxylation sites is 1. The van der Waals surface area contributed by atoms with Gasteiger partial charge in [0, 0.05) is 23.5 Å². The first-order valence-electron chi connectivity index (χ1n) is 9.69. The lowest BCUT2D eigenvalue weighted by Gasteiger charge is -2.10. The molecule has 0 saturated heterocycles. The first kappa shape index (κ1) is 21.3. The van der Waals surface area contributed by atoms with E-state index in [4.69, 9.17) is 0 Å². The summed E-state index contributed by atoms with van der Waals surface area (Å²) in [4.78, 5) is 23.3. The molecule has 0 amide bonds. The summed E-state index contributed by atoms with van der Waals surface area (Å²) < 4.78 is 13.0. The Morgan fingerprint density at radius 3 is 1.97 bits per heavy atom. The fourth-order valence-corrected chi connectivity index (χ4v) is 2.70. The minimum absolute atomic E-state index is 0.0277. The summed E-state index contributed by atoms with van der Waals surface area (Å²) in [5, 5.41) is 21.0. The maximum absolute atomic E-state index is 13.0. The smallest absolute Gasteiger partial charge is 0.269 e. The molecule has 4 rings (SSSR count). The van der Waals surface area contributed by atoms with Crippen LogP contribution in [-0.4, -0.2) is 26.1 Å². The average molecular weight is 444 g/mol. The first-order valence-corrected chi connectivity index (χ1v) is 9.69. The molecule has 1 heterocycles. The van der Waals surface area contributed by atoms with Gasteiger partial charge >= 0.3 is 0 Å². The van der Waals surface area contributed by atoms with Gasteiger partial charge in [0.2, 0.25) is 17.8 Å². The maximum Gasteiger partial charge on any atom is 0.269 e. The quantitative estimate of drug-likeness (QED) is 0.200. The van der Waals surface area contributed by atoms with Crippen molar-refractivity contribution in [3.8, 4) is 0 Å². The second-order valence-electron chi connectivity index (χ2n) is 6.65. The Bertz CT molecular complexity index is 1270. The molecule has 11 heteroatoms. The van der Waals surface area contributed by atoms with Gasteiger partial charge in [-0.2, -0.15) is 20.1 Å². The number of nitrogens with zero attached hydrogens (tertiary/aromatic N) is 5. The molecule has 0 radical (unpaired) electrons. The molecule has 0 bridgehead atoms. The molecule has 164 valence electrons. The number of halogens is 1. The van der Waals surface area contributed by atoms with Gasteiger partial charge in [0.25, 0.3) is 5.69 Å². The van der Waals surface area contributed by atoms with Gasteiger partial charge in [-0.3, -0.25) is 10.1 Å². The van der Waals surface area contributed by atoms with Crippen molar-refractivity contribution in [2.75, 3.05) is 16.1 Å². The minimum atomic E-state index is -0.476. The van der Waals surface area contributed by atoms with Gasteiger partial charge in [-0.15, -0.1) is 0 Å². The van der Waals surface area contributed by atoms with Crippen LogP contribution in [0, 0.1) is 15.9 Å². The Balaban J connectivity index is 1.56. The molecule has 3 N–H and O–H groups in total. The molecular formula is C22H17FN8O2. The van der Waals surface area contributed by atoms with Crippen molar-refractivity contribution in [2.45, 2.75) is 0 Å². The summed E-state index contributed by atoms with van der Waals surface area (Å²) in [6, 6.07) is 21.0. The minimum Gasteiger partial charge on any atom is -0.324 e. The number of non-ortho nitro benzene ring substituents is 1. The molecule has 4 aromatic rings. The Kier molecular flexibility index (Phi) is 6.40. The molecule has 0 atom stereocenters. The molecule has 10 nitrogen and oxygen atoms in total. The number of anilines is 5. The van der Waals surface area contributed by atoms with E-state index in [0.717, 1.165) is 5.69 Å². The third-order valence-electron chi connectivity index (χ3n) is 4.25. The highest BCUT2D eigenvalue weighted by molar-refractivity contribution is 5.79. The summed E-state index contributed by atoms with van der Waals surface area (Å²) in [5.74, 6) is 0.249. The number of benzene rings is 3. The number of rotatable bonds is 8. The van der Waals surface area contributed by atoms with Gasteiger partial charge < -0.3 is 10.6 Å². The topological polar surface area (TPSA) is 130 Å². The third kappa shape index (κ3) is 6.04. The maximum atomic E-state index is 13.0. The zero-order valence-corrected chi connectivity index (χ0v) is 17.0. The molecule has 0 spiro atoms. The van der Waals surface area contributed by atoms with Crippen molar-refractivity contribution in [3.05, 3.63) is 100 Å². The van der Waals surface area contributed by atoms with Crippen molar-refractivity contribution in [3.63, 3.8) is 0 Å². The zero-order chi connectivity index (χ0) is 23.0. The van der Waals surface area contributed by atoms with Crippen molar-refractivity contribution >= 4 is 41.1 Å². The van der Waals surface area contributed by atoms with E-state index in [-0.39, 0.29) is 29.3 Å². The summed E-state index contributed by atoms with van der Waals surface area (Å²) in [5.41, 5.74) is 4.71. The van der Waals surface area contributed by atoms with E-state index in [9.17, 15) is 14.5 Å². The van der Waals surface area contributed by atoms with E-state index in [1.54, 1.807) is 24.3 Å². The van der Waals surface area contributed by atoms with Gasteiger partial charge in [0.15, 0.2) is 0 Å². The Morgan fingerprint density at radius 1 is 0.788 bits per heavy atom. The molecular weight excluding hydrogens is 427 g/mol. The summed E-state index contributed by atoms with van der Waals surface area (Å²) >= 11 is 0. The van der Waals surface area contributed by atoms with Crippen LogP contribution in [-0.2, 0) is 0 Å². The van der Waals surface area contributed by atoms with Crippen LogP contribution in [0.4, 0.5) is 39.3 Å². The number of nitro benzene ring substituents is 1. The molecule has 0 unspecified atom stereocenters. The summed E-state index contributed by atoms with van der Waals surface area (Å²) in [6.45, 7) is 0. The molecule has 0 aliphatic rings. The van der Waals surface area contributed by atoms with Crippen LogP contribution >= 0.6 is 0 Å². The number of aromatic nitrogens is 3. The Morgan fingerprint density at radius 2 is 1.36 bits per heavy atom. The molecule has 0 aliphatic carbocycles. The number of hydrogen-bond acceptors (Lipinski definition) is 9. The van der Waals surface area contributed by atoms with Crippen LogP contribution in [0.15, 0.2) is 84.0 Å². The fraction of sp³-hybridized carbons (Fsp3) is 0. The highest BCUT2D eigenvalue weighted by atomic mass is 19.1. The second kappa shape index (κ2) is 9.92. The van der Waals surface area contributed by atoms with Gasteiger partial charge in [-0.25, -0.2) is 9.82 Å². The van der Waals surface area contributed by atoms with Crippen molar-refractivity contribution < 1.29 is 9.31 Å². The zero-order valence-electron chi connectivity index (χ0n) is 17.0. The van der Waals surface area contributed by atoms with Gasteiger partial charge in [0.1, 0.15) is 5.82 Å². The van der Waals surface area contributed by atoms with E-state index >= 15 is 0 Å². The Hall–Kier alpha value is -4.93. The monoisotopic (exact) mass is 444 g/mol. The SMILES string of the molecule is O=[N+]([O-])c1ccc(Nc2nc(NN=Cc3ccc(F)cc3)nc(Nc3ccccc3)n2)cc1. The van der Waals surface area contributed by atoms with Gasteiger partial charge in [0.05, 0.1) is 11.1 Å². The molecule has 0 saturated carbocycles. The van der Waals surface area contributed by atoms with Crippen molar-refractivity contribution in [2.24, 2.45) is 5.10 Å². The van der Waals surface area contributed by atoms with Crippen molar-refractivity contribution in [1.82, 2.24) is 15.0 Å². The molecule has 1 aromatic heterocycles. The van der Waals surface area contributed by atoms with Gasteiger partial charge in [-0.1, -0.05) is 30.3 Å². The van der Waals surface area contributed by atoms with E-state index in [1.165, 1.54) is 30.5 Å². The predicted octanol–water partition coefficient (Wildman–Crippen LogP) is 4.85. The number of nitrogens with one attached hydrogen (secondary N) is 3. The lowest BCUT2D eigenvalue weighted by Crippen LogP contribution is -2.07. The number of nitro groups is 1. The standard InChI is InChI=1S/C22H17FN8O2/c23-16-8-6-15(7-9-16)14-24-30-22-28-20(25-17-4-2-1-3-5-17)27-21(29-22)26-18-10-12-19(13-11-18)31(32)33/h1-14H,(H3,25,26,27,28,29,30). The van der Waals surface area contributed by atoms with Crippen LogP contribution < -0.4 is 16.1 Å². The average Bonchev–Trinajstić information content (AvgIpc) is 2.81. The largest absolute Gasteiger partial charge is 0.324 e. The number of hydrogen-bond donors (Lipinski definition) is 3. The van der Waals surface area contributed by atoms with E-state index < -0.39 is 4.92 Å². The van der Waals surface area contributed by atoms with E-state index in [2.05, 4.69) is 36.1 Å². The predicted molar refractivity (Wildman–Crippen MR) is 124 cm³/mol. The molecule has 0 aliphatic heterocycles. The molecule has 3 aromatic carbocycles. The highest BCUT2D eigenvalue weighted by Gasteiger charge is 2.09. The molecule has 33 heavy (non-hydrogen) atoms. The summed E-state index contributed by atoms with van der Waals surface area (Å²) in [6.07, 6.45) is 1.50. The van der Waals surface area contributed by atoms with Crippen LogP contribution in [0.3, 0.4) is 0 Å². The Labute approximate surface area is 187 Å². The van der Waals surface area contributed by atoms with Crippen LogP contribution in [0.25, 0.3) is 0 Å². The second-order valence-corrected chi connectivity index (χ2v) is 6.65. The van der Waals surface area contributed by atoms with E-state index in [0.29, 0.717) is 11.3 Å². The first-order chi connectivity index (χ1) is 16.0.